The van der Waals surface area contributed by atoms with Crippen molar-refractivity contribution in [3.8, 4) is 34.5 Å². The summed E-state index contributed by atoms with van der Waals surface area (Å²) in [6.45, 7) is 15.1. The van der Waals surface area contributed by atoms with E-state index in [1.807, 2.05) is 26.0 Å². The van der Waals surface area contributed by atoms with Crippen LogP contribution in [0.1, 0.15) is 106 Å². The Morgan fingerprint density at radius 1 is 0.471 bits per heavy atom. The number of benzene rings is 4. The van der Waals surface area contributed by atoms with E-state index in [2.05, 4.69) is 37.2 Å². The Kier molecular flexibility index (Phi) is 24.7. The van der Waals surface area contributed by atoms with Gasteiger partial charge in [-0.15, -0.1) is 0 Å². The van der Waals surface area contributed by atoms with Crippen LogP contribution < -0.4 is 33.1 Å². The van der Waals surface area contributed by atoms with Crippen LogP contribution in [0.25, 0.3) is 0 Å². The first kappa shape index (κ1) is 60.2. The van der Waals surface area contributed by atoms with Crippen LogP contribution in [0.15, 0.2) is 72.8 Å². The fraction of sp³-hybridized carbons (Fsp3) is 0.472. The maximum Gasteiger partial charge on any atom is 1.00 e. The summed E-state index contributed by atoms with van der Waals surface area (Å²) < 4.78 is 30.6. The Labute approximate surface area is 422 Å². The number of phenols is 3. The molecule has 8 rings (SSSR count). The number of esters is 3. The third kappa shape index (κ3) is 21.0. The second-order valence-corrected chi connectivity index (χ2v) is 18.3. The molecule has 6 N–H and O–H groups in total. The number of aromatic hydroxyl groups is 3. The molecule has 0 bridgehead atoms. The molecule has 70 heavy (non-hydrogen) atoms. The minimum absolute atomic E-state index is 0. The van der Waals surface area contributed by atoms with Crippen LogP contribution in [0.5, 0.6) is 34.5 Å². The molecule has 0 aliphatic heterocycles. The molecular weight excluding hydrogens is 900 g/mol. The van der Waals surface area contributed by atoms with E-state index in [1.165, 1.54) is 71.3 Å². The summed E-state index contributed by atoms with van der Waals surface area (Å²) in [6, 6.07) is 18.6. The number of aliphatic hydroxyl groups is 1. The van der Waals surface area contributed by atoms with Crippen molar-refractivity contribution in [2.75, 3.05) is 47.8 Å². The molecule has 4 aromatic rings. The number of aliphatic hydroxyl groups excluding tert-OH is 1. The Balaban J connectivity index is 0.000000306. The molecule has 8 atom stereocenters. The fourth-order valence-electron chi connectivity index (χ4n) is 6.91. The van der Waals surface area contributed by atoms with Gasteiger partial charge < -0.3 is 59.4 Å². The number of carboxylic acids is 1. The van der Waals surface area contributed by atoms with E-state index in [0.717, 1.165) is 47.3 Å². The zero-order valence-electron chi connectivity index (χ0n) is 42.0. The van der Waals surface area contributed by atoms with Crippen LogP contribution in [-0.4, -0.2) is 103 Å². The number of hydrogen-bond donors (Lipinski definition) is 5. The number of aromatic carboxylic acids is 1. The van der Waals surface area contributed by atoms with Crippen molar-refractivity contribution in [2.45, 2.75) is 67.2 Å². The molecular formula is C53H69LiO16. The van der Waals surface area contributed by atoms with Gasteiger partial charge in [-0.2, -0.15) is 0 Å². The summed E-state index contributed by atoms with van der Waals surface area (Å²) >= 11 is 0. The number of carbonyl (C=O) groups excluding carboxylic acids is 3. The van der Waals surface area contributed by atoms with E-state index in [1.54, 1.807) is 30.3 Å². The minimum atomic E-state index is -0.909. The molecule has 16 nitrogen and oxygen atoms in total. The SMILES string of the molecule is CC1CC1CO.COC(=O)c1cc(C)cc(OCC2CC2C)c1.COC(=O)c1cc(O)cc(O)c1.COC(=O)c1cc(O)cc(OCC2CC2C)c1.Cc1cc(OCC2CC2C)cc(C(=O)O)c1.[Li+].[OH-]. The third-order valence-corrected chi connectivity index (χ3v) is 12.1. The first-order chi connectivity index (χ1) is 32.2. The molecule has 0 saturated heterocycles. The molecule has 0 aromatic heterocycles. The van der Waals surface area contributed by atoms with E-state index < -0.39 is 17.9 Å². The second-order valence-electron chi connectivity index (χ2n) is 18.3. The Morgan fingerprint density at radius 3 is 1.06 bits per heavy atom. The van der Waals surface area contributed by atoms with Crippen molar-refractivity contribution in [1.29, 1.82) is 0 Å². The minimum Gasteiger partial charge on any atom is -0.870 e. The van der Waals surface area contributed by atoms with Crippen LogP contribution >= 0.6 is 0 Å². The fourth-order valence-corrected chi connectivity index (χ4v) is 6.91. The molecule has 4 aliphatic carbocycles. The van der Waals surface area contributed by atoms with Gasteiger partial charge in [-0.1, -0.05) is 27.7 Å². The molecule has 0 heterocycles. The van der Waals surface area contributed by atoms with Crippen molar-refractivity contribution >= 4 is 23.9 Å². The average Bonchev–Trinajstić information content (AvgIpc) is 4.20. The number of aryl methyl sites for hydroxylation is 2. The van der Waals surface area contributed by atoms with E-state index in [-0.39, 0.29) is 53.1 Å². The van der Waals surface area contributed by atoms with Crippen LogP contribution in [0, 0.1) is 61.2 Å². The zero-order valence-corrected chi connectivity index (χ0v) is 42.0. The van der Waals surface area contributed by atoms with E-state index in [4.69, 9.17) is 39.4 Å². The van der Waals surface area contributed by atoms with Gasteiger partial charge in [0.25, 0.3) is 0 Å². The normalized spacial score (nSPS) is 21.2. The molecule has 0 amide bonds. The van der Waals surface area contributed by atoms with Gasteiger partial charge >= 0.3 is 42.7 Å². The molecule has 0 spiro atoms. The van der Waals surface area contributed by atoms with Gasteiger partial charge in [0.15, 0.2) is 0 Å². The standard InChI is InChI=1S/C14H18O3.C13H16O4.C13H16O3.C8H8O4.C5H10O.Li.H2O/c1-9-4-11(14(15)16-3)7-13(5-9)17-8-12-6-10(12)2;1-8-3-10(8)7-17-12-5-9(13(15)16-2)4-11(14)6-12;1-8-3-10(13(14)15)6-12(4-8)16-7-11-5-9(11)2;1-12-8(11)5-2-6(9)4-7(10)3-5;1-4-2-5(4)3-6;;/h4-5,7,10,12H,6,8H2,1-3H3;4-6,8,10,14H,3,7H2,1-2H3;3-4,6,9,11H,5,7H2,1-2H3,(H,14,15);2-4,9-10H,1H3;4-6H,2-3H2,1H3;;1H2/q;;;;;+1;/p-1. The number of ether oxygens (including phenoxy) is 6. The van der Waals surface area contributed by atoms with Gasteiger partial charge in [0.2, 0.25) is 0 Å². The molecule has 0 radical (unpaired) electrons. The quantitative estimate of drug-likeness (QED) is 0.0543. The molecule has 4 saturated carbocycles. The molecule has 4 fully saturated rings. The van der Waals surface area contributed by atoms with Gasteiger partial charge in [-0.25, -0.2) is 19.2 Å². The van der Waals surface area contributed by atoms with Crippen molar-refractivity contribution < 1.29 is 97.5 Å². The van der Waals surface area contributed by atoms with E-state index in [9.17, 15) is 24.3 Å². The summed E-state index contributed by atoms with van der Waals surface area (Å²) in [4.78, 5) is 44.5. The summed E-state index contributed by atoms with van der Waals surface area (Å²) in [7, 11) is 3.92. The summed E-state index contributed by atoms with van der Waals surface area (Å²) in [5.41, 5.74) is 3.18. The van der Waals surface area contributed by atoms with Gasteiger partial charge in [0, 0.05) is 18.7 Å². The van der Waals surface area contributed by atoms with Crippen molar-refractivity contribution in [3.63, 3.8) is 0 Å². The van der Waals surface area contributed by atoms with E-state index in [0.29, 0.717) is 77.6 Å². The predicted octanol–water partition coefficient (Wildman–Crippen LogP) is 6.10. The van der Waals surface area contributed by atoms with Gasteiger partial charge in [0.05, 0.1) is 63.4 Å². The van der Waals surface area contributed by atoms with Crippen molar-refractivity contribution in [2.24, 2.45) is 47.3 Å². The molecule has 4 aromatic carbocycles. The largest absolute Gasteiger partial charge is 1.00 e. The number of carboxylic acid groups (broad SMARTS) is 1. The van der Waals surface area contributed by atoms with Crippen LogP contribution in [-0.2, 0) is 14.2 Å². The first-order valence-corrected chi connectivity index (χ1v) is 22.8. The smallest absolute Gasteiger partial charge is 0.870 e. The summed E-state index contributed by atoms with van der Waals surface area (Å²) in [5, 5.41) is 44.7. The van der Waals surface area contributed by atoms with E-state index >= 15 is 0 Å². The van der Waals surface area contributed by atoms with Crippen molar-refractivity contribution in [1.82, 2.24) is 0 Å². The number of rotatable bonds is 14. The number of hydrogen-bond acceptors (Lipinski definition) is 15. The zero-order chi connectivity index (χ0) is 50.2. The first-order valence-electron chi connectivity index (χ1n) is 22.8. The van der Waals surface area contributed by atoms with Gasteiger partial charge in [-0.3, -0.25) is 0 Å². The maximum absolute atomic E-state index is 11.4. The predicted molar refractivity (Wildman–Crippen MR) is 256 cm³/mol. The average molecular weight is 969 g/mol. The second kappa shape index (κ2) is 28.7. The number of carbonyl (C=O) groups is 4. The van der Waals surface area contributed by atoms with Crippen LogP contribution in [0.3, 0.4) is 0 Å². The topological polar surface area (TPSA) is 255 Å². The maximum atomic E-state index is 11.4. The molecule has 378 valence electrons. The molecule has 17 heteroatoms. The number of methoxy groups -OCH3 is 3. The molecule has 4 aliphatic rings. The Hall–Kier alpha value is -5.92. The summed E-state index contributed by atoms with van der Waals surface area (Å²) in [6.07, 6.45) is 4.90. The monoisotopic (exact) mass is 968 g/mol. The van der Waals surface area contributed by atoms with Gasteiger partial charge in [-0.05, 0) is 159 Å². The number of phenolic OH excluding ortho intramolecular Hbond substituents is 3. The third-order valence-electron chi connectivity index (χ3n) is 12.1. The van der Waals surface area contributed by atoms with Gasteiger partial charge in [0.1, 0.15) is 34.5 Å². The van der Waals surface area contributed by atoms with Crippen LogP contribution in [0.4, 0.5) is 0 Å². The molecule has 8 unspecified atom stereocenters. The summed E-state index contributed by atoms with van der Waals surface area (Å²) in [5.74, 6) is 4.92. The van der Waals surface area contributed by atoms with Crippen LogP contribution in [0.2, 0.25) is 0 Å². The Bertz CT molecular complexity index is 2230. The van der Waals surface area contributed by atoms with Crippen molar-refractivity contribution in [3.05, 3.63) is 106 Å². The Morgan fingerprint density at radius 2 is 0.757 bits per heavy atom.